The summed E-state index contributed by atoms with van der Waals surface area (Å²) in [7, 11) is 0. The van der Waals surface area contributed by atoms with Crippen LogP contribution in [0.25, 0.3) is 11.3 Å². The number of aromatic nitrogens is 2. The van der Waals surface area contributed by atoms with Gasteiger partial charge in [-0.15, -0.1) is 0 Å². The second-order valence-electron chi connectivity index (χ2n) is 4.37. The van der Waals surface area contributed by atoms with E-state index in [-0.39, 0.29) is 5.82 Å². The van der Waals surface area contributed by atoms with Gasteiger partial charge in [0.05, 0.1) is 5.69 Å². The number of carbonyl (C=O) groups is 1. The SMILES string of the molecule is O=Cn1ccc(-c2ccc(Oc3ccc(F)cc3)cc2)n1. The van der Waals surface area contributed by atoms with Crippen LogP contribution < -0.4 is 4.74 Å². The quantitative estimate of drug-likeness (QED) is 0.688. The fourth-order valence-corrected chi connectivity index (χ4v) is 1.88. The Bertz CT molecular complexity index is 749. The zero-order valence-electron chi connectivity index (χ0n) is 10.9. The maximum atomic E-state index is 12.8. The van der Waals surface area contributed by atoms with Crippen LogP contribution in [0, 0.1) is 5.82 Å². The van der Waals surface area contributed by atoms with Gasteiger partial charge in [0.1, 0.15) is 17.3 Å². The smallest absolute Gasteiger partial charge is 0.234 e. The number of hydrogen-bond acceptors (Lipinski definition) is 3. The summed E-state index contributed by atoms with van der Waals surface area (Å²) < 4.78 is 19.6. The molecule has 0 amide bonds. The first kappa shape index (κ1) is 13.1. The van der Waals surface area contributed by atoms with E-state index in [0.717, 1.165) is 5.56 Å². The molecule has 0 aliphatic carbocycles. The molecule has 3 aromatic rings. The van der Waals surface area contributed by atoms with Gasteiger partial charge in [0.2, 0.25) is 6.41 Å². The van der Waals surface area contributed by atoms with E-state index in [1.165, 1.54) is 16.8 Å². The van der Waals surface area contributed by atoms with E-state index in [1.807, 2.05) is 12.1 Å². The highest BCUT2D eigenvalue weighted by atomic mass is 19.1. The lowest BCUT2D eigenvalue weighted by Crippen LogP contribution is -1.94. The third kappa shape index (κ3) is 2.97. The predicted octanol–water partition coefficient (Wildman–Crippen LogP) is 3.52. The standard InChI is InChI=1S/C16H11FN2O2/c17-13-3-7-15(8-4-13)21-14-5-1-12(2-6-14)16-9-10-19(11-20)18-16/h1-11H. The van der Waals surface area contributed by atoms with Crippen molar-refractivity contribution < 1.29 is 13.9 Å². The van der Waals surface area contributed by atoms with Gasteiger partial charge in [0.25, 0.3) is 0 Å². The van der Waals surface area contributed by atoms with E-state index in [1.54, 1.807) is 36.5 Å². The lowest BCUT2D eigenvalue weighted by molar-refractivity contribution is 0.480. The normalized spacial score (nSPS) is 10.3. The molecule has 2 aromatic carbocycles. The van der Waals surface area contributed by atoms with Gasteiger partial charge in [-0.2, -0.15) is 5.10 Å². The number of benzene rings is 2. The van der Waals surface area contributed by atoms with E-state index in [2.05, 4.69) is 5.10 Å². The van der Waals surface area contributed by atoms with Crippen molar-refractivity contribution in [3.8, 4) is 22.8 Å². The van der Waals surface area contributed by atoms with Crippen LogP contribution in [0.5, 0.6) is 11.5 Å². The van der Waals surface area contributed by atoms with E-state index in [9.17, 15) is 9.18 Å². The molecule has 0 aliphatic heterocycles. The van der Waals surface area contributed by atoms with Crippen LogP contribution in [0.3, 0.4) is 0 Å². The molecule has 0 unspecified atom stereocenters. The number of nitrogens with zero attached hydrogens (tertiary/aromatic N) is 2. The van der Waals surface area contributed by atoms with Crippen LogP contribution in [-0.4, -0.2) is 16.2 Å². The molecule has 21 heavy (non-hydrogen) atoms. The van der Waals surface area contributed by atoms with Crippen molar-refractivity contribution in [2.24, 2.45) is 0 Å². The van der Waals surface area contributed by atoms with Gasteiger partial charge < -0.3 is 4.74 Å². The summed E-state index contributed by atoms with van der Waals surface area (Å²) in [4.78, 5) is 10.6. The van der Waals surface area contributed by atoms with Gasteiger partial charge in [-0.3, -0.25) is 4.79 Å². The van der Waals surface area contributed by atoms with Crippen LogP contribution >= 0.6 is 0 Å². The third-order valence-electron chi connectivity index (χ3n) is 2.92. The molecule has 0 N–H and O–H groups in total. The maximum Gasteiger partial charge on any atom is 0.234 e. The second-order valence-corrected chi connectivity index (χ2v) is 4.37. The minimum Gasteiger partial charge on any atom is -0.457 e. The van der Waals surface area contributed by atoms with Gasteiger partial charge in [0.15, 0.2) is 0 Å². The van der Waals surface area contributed by atoms with Gasteiger partial charge in [-0.25, -0.2) is 9.07 Å². The Morgan fingerprint density at radius 1 is 0.952 bits per heavy atom. The molecule has 0 radical (unpaired) electrons. The number of rotatable bonds is 4. The lowest BCUT2D eigenvalue weighted by atomic mass is 10.1. The monoisotopic (exact) mass is 282 g/mol. The number of carbonyl (C=O) groups excluding carboxylic acids is 1. The molecule has 0 bridgehead atoms. The molecule has 0 saturated heterocycles. The van der Waals surface area contributed by atoms with E-state index in [0.29, 0.717) is 23.6 Å². The first-order chi connectivity index (χ1) is 10.2. The van der Waals surface area contributed by atoms with Crippen LogP contribution in [0.15, 0.2) is 60.8 Å². The Morgan fingerprint density at radius 3 is 2.14 bits per heavy atom. The average molecular weight is 282 g/mol. The molecule has 104 valence electrons. The van der Waals surface area contributed by atoms with Crippen molar-refractivity contribution in [1.82, 2.24) is 9.78 Å². The maximum absolute atomic E-state index is 12.8. The molecule has 5 heteroatoms. The summed E-state index contributed by atoms with van der Waals surface area (Å²) in [5.41, 5.74) is 1.58. The largest absolute Gasteiger partial charge is 0.457 e. The highest BCUT2D eigenvalue weighted by molar-refractivity contribution is 5.62. The van der Waals surface area contributed by atoms with E-state index >= 15 is 0 Å². The fourth-order valence-electron chi connectivity index (χ4n) is 1.88. The van der Waals surface area contributed by atoms with Crippen LogP contribution in [0.4, 0.5) is 4.39 Å². The van der Waals surface area contributed by atoms with Crippen molar-refractivity contribution >= 4 is 6.41 Å². The summed E-state index contributed by atoms with van der Waals surface area (Å²) in [6.07, 6.45) is 2.22. The molecule has 0 fully saturated rings. The van der Waals surface area contributed by atoms with Crippen molar-refractivity contribution in [2.75, 3.05) is 0 Å². The summed E-state index contributed by atoms with van der Waals surface area (Å²) in [5.74, 6) is 0.901. The van der Waals surface area contributed by atoms with Crippen LogP contribution in [0.1, 0.15) is 0 Å². The van der Waals surface area contributed by atoms with Crippen molar-refractivity contribution in [3.63, 3.8) is 0 Å². The van der Waals surface area contributed by atoms with Gasteiger partial charge in [0, 0.05) is 11.8 Å². The van der Waals surface area contributed by atoms with Gasteiger partial charge >= 0.3 is 0 Å². The molecule has 1 aromatic heterocycles. The Morgan fingerprint density at radius 2 is 1.57 bits per heavy atom. The van der Waals surface area contributed by atoms with Crippen molar-refractivity contribution in [1.29, 1.82) is 0 Å². The topological polar surface area (TPSA) is 44.1 Å². The molecule has 4 nitrogen and oxygen atoms in total. The minimum atomic E-state index is -0.302. The molecular formula is C16H11FN2O2. The average Bonchev–Trinajstić information content (AvgIpc) is 2.99. The Labute approximate surface area is 120 Å². The van der Waals surface area contributed by atoms with Gasteiger partial charge in [-0.05, 0) is 54.6 Å². The number of halogens is 1. The first-order valence-corrected chi connectivity index (χ1v) is 6.29. The lowest BCUT2D eigenvalue weighted by Gasteiger charge is -2.06. The molecular weight excluding hydrogens is 271 g/mol. The van der Waals surface area contributed by atoms with Crippen molar-refractivity contribution in [2.45, 2.75) is 0 Å². The Balaban J connectivity index is 1.77. The fraction of sp³-hybridized carbons (Fsp3) is 0. The van der Waals surface area contributed by atoms with E-state index in [4.69, 9.17) is 4.74 Å². The Hall–Kier alpha value is -2.95. The zero-order chi connectivity index (χ0) is 14.7. The molecule has 1 heterocycles. The molecule has 0 aliphatic rings. The molecule has 0 spiro atoms. The summed E-state index contributed by atoms with van der Waals surface area (Å²) in [5, 5.41) is 4.09. The minimum absolute atomic E-state index is 0.302. The van der Waals surface area contributed by atoms with E-state index < -0.39 is 0 Å². The third-order valence-corrected chi connectivity index (χ3v) is 2.92. The molecule has 0 atom stereocenters. The van der Waals surface area contributed by atoms with Crippen LogP contribution in [-0.2, 0) is 4.79 Å². The van der Waals surface area contributed by atoms with Crippen LogP contribution in [0.2, 0.25) is 0 Å². The molecule has 0 saturated carbocycles. The number of ether oxygens (including phenoxy) is 1. The summed E-state index contributed by atoms with van der Waals surface area (Å²) >= 11 is 0. The second kappa shape index (κ2) is 5.58. The summed E-state index contributed by atoms with van der Waals surface area (Å²) in [6, 6.07) is 14.8. The summed E-state index contributed by atoms with van der Waals surface area (Å²) in [6.45, 7) is 0. The van der Waals surface area contributed by atoms with Crippen molar-refractivity contribution in [3.05, 3.63) is 66.6 Å². The number of hydrogen-bond donors (Lipinski definition) is 0. The Kier molecular flexibility index (Phi) is 3.47. The predicted molar refractivity (Wildman–Crippen MR) is 76.3 cm³/mol. The highest BCUT2D eigenvalue weighted by Crippen LogP contribution is 2.25. The molecule has 3 rings (SSSR count). The highest BCUT2D eigenvalue weighted by Gasteiger charge is 2.03. The first-order valence-electron chi connectivity index (χ1n) is 6.29. The van der Waals surface area contributed by atoms with Gasteiger partial charge in [-0.1, -0.05) is 0 Å². The zero-order valence-corrected chi connectivity index (χ0v) is 10.9.